The molecule has 3 rings (SSSR count). The molecule has 1 aromatic heterocycles. The SMILES string of the molecule is C[C@@H](Sc1nnnn1-c1cccc(F)c1)C(=O)c1ccc(Cl)cc1. The van der Waals surface area contributed by atoms with Gasteiger partial charge >= 0.3 is 0 Å². The topological polar surface area (TPSA) is 60.7 Å². The minimum atomic E-state index is -0.413. The summed E-state index contributed by atoms with van der Waals surface area (Å²) in [5, 5.41) is 12.0. The molecule has 0 saturated heterocycles. The molecule has 0 aliphatic rings. The second-order valence-electron chi connectivity index (χ2n) is 4.98. The summed E-state index contributed by atoms with van der Waals surface area (Å²) in [6.45, 7) is 1.77. The van der Waals surface area contributed by atoms with Gasteiger partial charge in [-0.25, -0.2) is 4.39 Å². The molecule has 0 aliphatic carbocycles. The van der Waals surface area contributed by atoms with Crippen LogP contribution in [0.3, 0.4) is 0 Å². The lowest BCUT2D eigenvalue weighted by Crippen LogP contribution is -2.14. The van der Waals surface area contributed by atoms with E-state index in [0.29, 0.717) is 21.4 Å². The molecule has 1 atom stereocenters. The van der Waals surface area contributed by atoms with Gasteiger partial charge in [0, 0.05) is 10.6 Å². The second-order valence-corrected chi connectivity index (χ2v) is 6.73. The maximum Gasteiger partial charge on any atom is 0.214 e. The molecule has 0 spiro atoms. The summed E-state index contributed by atoms with van der Waals surface area (Å²) in [4.78, 5) is 12.5. The Hall–Kier alpha value is -2.25. The van der Waals surface area contributed by atoms with Crippen molar-refractivity contribution in [1.82, 2.24) is 20.2 Å². The van der Waals surface area contributed by atoms with Crippen LogP contribution in [0.2, 0.25) is 5.02 Å². The van der Waals surface area contributed by atoms with E-state index in [1.165, 1.54) is 28.6 Å². The number of benzene rings is 2. The molecule has 0 saturated carbocycles. The summed E-state index contributed by atoms with van der Waals surface area (Å²) in [5.41, 5.74) is 1.05. The summed E-state index contributed by atoms with van der Waals surface area (Å²) >= 11 is 7.04. The summed E-state index contributed by atoms with van der Waals surface area (Å²) < 4.78 is 14.8. The maximum absolute atomic E-state index is 13.4. The van der Waals surface area contributed by atoms with Crippen molar-refractivity contribution >= 4 is 29.1 Å². The van der Waals surface area contributed by atoms with Crippen molar-refractivity contribution in [2.45, 2.75) is 17.3 Å². The van der Waals surface area contributed by atoms with Crippen LogP contribution >= 0.6 is 23.4 Å². The van der Waals surface area contributed by atoms with Crippen LogP contribution in [-0.2, 0) is 0 Å². The number of hydrogen-bond donors (Lipinski definition) is 0. The van der Waals surface area contributed by atoms with Gasteiger partial charge in [-0.15, -0.1) is 5.10 Å². The average molecular weight is 363 g/mol. The predicted octanol–water partition coefficient (Wildman–Crippen LogP) is 3.82. The van der Waals surface area contributed by atoms with Gasteiger partial charge in [-0.1, -0.05) is 29.4 Å². The van der Waals surface area contributed by atoms with Gasteiger partial charge in [0.25, 0.3) is 0 Å². The first-order chi connectivity index (χ1) is 11.5. The van der Waals surface area contributed by atoms with E-state index in [-0.39, 0.29) is 11.6 Å². The molecule has 5 nitrogen and oxygen atoms in total. The van der Waals surface area contributed by atoms with E-state index in [1.54, 1.807) is 43.3 Å². The number of rotatable bonds is 5. The lowest BCUT2D eigenvalue weighted by molar-refractivity contribution is 0.0994. The summed E-state index contributed by atoms with van der Waals surface area (Å²) in [6.07, 6.45) is 0. The number of tetrazole rings is 1. The van der Waals surface area contributed by atoms with Gasteiger partial charge in [-0.2, -0.15) is 4.68 Å². The highest BCUT2D eigenvalue weighted by atomic mass is 35.5. The fourth-order valence-electron chi connectivity index (χ4n) is 2.08. The first-order valence-corrected chi connectivity index (χ1v) is 8.31. The van der Waals surface area contributed by atoms with Gasteiger partial charge in [0.05, 0.1) is 10.9 Å². The maximum atomic E-state index is 13.4. The van der Waals surface area contributed by atoms with Crippen molar-refractivity contribution in [2.24, 2.45) is 0 Å². The number of nitrogens with zero attached hydrogens (tertiary/aromatic N) is 4. The van der Waals surface area contributed by atoms with Gasteiger partial charge in [0.1, 0.15) is 5.82 Å². The van der Waals surface area contributed by atoms with E-state index in [9.17, 15) is 9.18 Å². The van der Waals surface area contributed by atoms with Gasteiger partial charge in [-0.05, 0) is 59.8 Å². The molecule has 0 aliphatic heterocycles. The van der Waals surface area contributed by atoms with Crippen molar-refractivity contribution in [2.75, 3.05) is 0 Å². The normalized spacial score (nSPS) is 12.1. The van der Waals surface area contributed by atoms with E-state index >= 15 is 0 Å². The van der Waals surface area contributed by atoms with Crippen LogP contribution in [0.4, 0.5) is 4.39 Å². The molecular formula is C16H12ClFN4OS. The third-order valence-electron chi connectivity index (χ3n) is 3.27. The lowest BCUT2D eigenvalue weighted by atomic mass is 10.1. The standard InChI is InChI=1S/C16H12ClFN4OS/c1-10(15(23)11-5-7-12(17)8-6-11)24-16-19-20-21-22(16)14-4-2-3-13(18)9-14/h2-10H,1H3/t10-/m1/s1. The fraction of sp³-hybridized carbons (Fsp3) is 0.125. The third-order valence-corrected chi connectivity index (χ3v) is 4.56. The highest BCUT2D eigenvalue weighted by molar-refractivity contribution is 8.00. The molecule has 24 heavy (non-hydrogen) atoms. The fourth-order valence-corrected chi connectivity index (χ4v) is 3.09. The van der Waals surface area contributed by atoms with Gasteiger partial charge in [0.2, 0.25) is 5.16 Å². The summed E-state index contributed by atoms with van der Waals surface area (Å²) in [7, 11) is 0. The Morgan fingerprint density at radius 2 is 2.00 bits per heavy atom. The van der Waals surface area contributed by atoms with Crippen LogP contribution in [0.25, 0.3) is 5.69 Å². The minimum Gasteiger partial charge on any atom is -0.293 e. The lowest BCUT2D eigenvalue weighted by Gasteiger charge is -2.10. The molecule has 1 heterocycles. The zero-order chi connectivity index (χ0) is 17.1. The van der Waals surface area contributed by atoms with E-state index in [2.05, 4.69) is 15.5 Å². The van der Waals surface area contributed by atoms with Crippen LogP contribution in [0.15, 0.2) is 53.7 Å². The van der Waals surface area contributed by atoms with Gasteiger partial charge in [-0.3, -0.25) is 4.79 Å². The summed E-state index contributed by atoms with van der Waals surface area (Å²) in [6, 6.07) is 12.6. The number of carbonyl (C=O) groups excluding carboxylic acids is 1. The minimum absolute atomic E-state index is 0.0644. The zero-order valence-electron chi connectivity index (χ0n) is 12.6. The Morgan fingerprint density at radius 3 is 2.71 bits per heavy atom. The Morgan fingerprint density at radius 1 is 1.25 bits per heavy atom. The van der Waals surface area contributed by atoms with Crippen molar-refractivity contribution in [3.63, 3.8) is 0 Å². The number of ketones is 1. The van der Waals surface area contributed by atoms with Crippen LogP contribution in [0, 0.1) is 5.82 Å². The Balaban J connectivity index is 1.80. The second kappa shape index (κ2) is 7.11. The highest BCUT2D eigenvalue weighted by Gasteiger charge is 2.20. The molecule has 3 aromatic rings. The van der Waals surface area contributed by atoms with E-state index in [4.69, 9.17) is 11.6 Å². The number of aromatic nitrogens is 4. The number of carbonyl (C=O) groups is 1. The van der Waals surface area contributed by atoms with E-state index in [1.807, 2.05) is 0 Å². The Labute approximate surface area is 146 Å². The van der Waals surface area contributed by atoms with E-state index < -0.39 is 5.25 Å². The Kier molecular flexibility index (Phi) is 4.92. The third kappa shape index (κ3) is 3.63. The molecular weight excluding hydrogens is 351 g/mol. The van der Waals surface area contributed by atoms with Crippen LogP contribution in [0.5, 0.6) is 0 Å². The first-order valence-electron chi connectivity index (χ1n) is 7.05. The van der Waals surface area contributed by atoms with Crippen molar-refractivity contribution in [3.8, 4) is 5.69 Å². The smallest absolute Gasteiger partial charge is 0.214 e. The molecule has 0 bridgehead atoms. The highest BCUT2D eigenvalue weighted by Crippen LogP contribution is 2.25. The van der Waals surface area contributed by atoms with Crippen LogP contribution in [0.1, 0.15) is 17.3 Å². The largest absolute Gasteiger partial charge is 0.293 e. The number of hydrogen-bond acceptors (Lipinski definition) is 5. The number of thioether (sulfide) groups is 1. The van der Waals surface area contributed by atoms with Gasteiger partial charge < -0.3 is 0 Å². The molecule has 0 amide bonds. The average Bonchev–Trinajstić information content (AvgIpc) is 3.03. The molecule has 122 valence electrons. The zero-order valence-corrected chi connectivity index (χ0v) is 14.1. The molecule has 0 unspecified atom stereocenters. The molecule has 2 aromatic carbocycles. The van der Waals surface area contributed by atoms with Crippen LogP contribution in [-0.4, -0.2) is 31.2 Å². The monoisotopic (exact) mass is 362 g/mol. The van der Waals surface area contributed by atoms with Crippen LogP contribution < -0.4 is 0 Å². The van der Waals surface area contributed by atoms with E-state index in [0.717, 1.165) is 0 Å². The summed E-state index contributed by atoms with van der Waals surface area (Å²) in [5.74, 6) is -0.449. The predicted molar refractivity (Wildman–Crippen MR) is 90.2 cm³/mol. The number of Topliss-reactive ketones (excluding diaryl/α,β-unsaturated/α-hetero) is 1. The molecule has 8 heteroatoms. The Bertz CT molecular complexity index is 869. The quantitative estimate of drug-likeness (QED) is 0.510. The van der Waals surface area contributed by atoms with Crippen molar-refractivity contribution < 1.29 is 9.18 Å². The number of halogens is 2. The molecule has 0 fully saturated rings. The van der Waals surface area contributed by atoms with Gasteiger partial charge in [0.15, 0.2) is 5.78 Å². The van der Waals surface area contributed by atoms with Crippen molar-refractivity contribution in [3.05, 3.63) is 64.9 Å². The van der Waals surface area contributed by atoms with Crippen molar-refractivity contribution in [1.29, 1.82) is 0 Å². The first kappa shape index (κ1) is 16.6. The molecule has 0 N–H and O–H groups in total. The molecule has 0 radical (unpaired) electrons.